The summed E-state index contributed by atoms with van der Waals surface area (Å²) >= 11 is 5.92. The number of amides is 2. The number of anilines is 1. The monoisotopic (exact) mass is 446 g/mol. The fraction of sp³-hybridized carbons (Fsp3) is 0.429. The average molecular weight is 447 g/mol. The molecule has 2 amide bonds. The molecule has 3 heterocycles. The van der Waals surface area contributed by atoms with Gasteiger partial charge in [-0.3, -0.25) is 23.5 Å². The van der Waals surface area contributed by atoms with Crippen molar-refractivity contribution in [2.45, 2.75) is 30.8 Å². The van der Waals surface area contributed by atoms with Crippen LogP contribution in [0.4, 0.5) is 5.82 Å². The zero-order valence-electron chi connectivity index (χ0n) is 17.2. The maximum atomic E-state index is 12.9. The molecule has 1 atom stereocenters. The Bertz CT molecular complexity index is 1180. The van der Waals surface area contributed by atoms with Crippen molar-refractivity contribution in [3.8, 4) is 0 Å². The first kappa shape index (κ1) is 21.3. The van der Waals surface area contributed by atoms with E-state index >= 15 is 0 Å². The second-order valence-electron chi connectivity index (χ2n) is 8.13. The predicted octanol–water partition coefficient (Wildman–Crippen LogP) is 0.673. The number of hydrogen-bond donors (Lipinski definition) is 2. The molecule has 164 valence electrons. The van der Waals surface area contributed by atoms with Gasteiger partial charge in [0.1, 0.15) is 5.82 Å². The molecule has 0 unspecified atom stereocenters. The summed E-state index contributed by atoms with van der Waals surface area (Å²) in [5.41, 5.74) is -1.29. The molecule has 0 bridgehead atoms. The number of nitrogens with zero attached hydrogens (tertiary/aromatic N) is 3. The summed E-state index contributed by atoms with van der Waals surface area (Å²) in [6.45, 7) is 0.648. The normalized spacial score (nSPS) is 19.8. The molecule has 2 aliphatic rings. The van der Waals surface area contributed by atoms with Gasteiger partial charge in [0.25, 0.3) is 5.56 Å². The largest absolute Gasteiger partial charge is 0.385 e. The van der Waals surface area contributed by atoms with Crippen molar-refractivity contribution >= 4 is 29.2 Å². The number of carbonyl (C=O) groups excluding carboxylic acids is 2. The van der Waals surface area contributed by atoms with Crippen LogP contribution in [0.1, 0.15) is 36.3 Å². The van der Waals surface area contributed by atoms with Crippen molar-refractivity contribution in [2.75, 3.05) is 18.4 Å². The maximum absolute atomic E-state index is 12.9. The van der Waals surface area contributed by atoms with E-state index in [2.05, 4.69) is 5.32 Å². The van der Waals surface area contributed by atoms with Crippen LogP contribution >= 0.6 is 11.6 Å². The first-order valence-corrected chi connectivity index (χ1v) is 10.4. The van der Waals surface area contributed by atoms with Crippen LogP contribution in [0.3, 0.4) is 0 Å². The Labute approximate surface area is 182 Å². The van der Waals surface area contributed by atoms with Crippen LogP contribution < -0.4 is 16.6 Å². The standard InChI is InChI=1S/C21H23ClN4O5/c1-24-17-16(19(29)25(2)20(24)30)14(18(28)23-17)11-15(27)26-9-7-21(31,8-10-26)12-3-5-13(22)6-4-12/h3-6,14,31H,7-11H2,1-2H3,(H,23,28)/t14-/m1/s1. The molecule has 4 rings (SSSR count). The summed E-state index contributed by atoms with van der Waals surface area (Å²) in [5, 5.41) is 14.1. The van der Waals surface area contributed by atoms with Crippen molar-refractivity contribution in [2.24, 2.45) is 14.1 Å². The van der Waals surface area contributed by atoms with Gasteiger partial charge in [0.2, 0.25) is 11.8 Å². The van der Waals surface area contributed by atoms with Crippen LogP contribution in [0, 0.1) is 0 Å². The Morgan fingerprint density at radius 2 is 1.74 bits per heavy atom. The third-order valence-corrected chi connectivity index (χ3v) is 6.56. The molecule has 0 spiro atoms. The van der Waals surface area contributed by atoms with E-state index in [-0.39, 0.29) is 23.7 Å². The van der Waals surface area contributed by atoms with Crippen LogP contribution in [-0.4, -0.2) is 44.0 Å². The van der Waals surface area contributed by atoms with Crippen LogP contribution in [-0.2, 0) is 29.3 Å². The number of nitrogens with one attached hydrogen (secondary N) is 1. The number of likely N-dealkylation sites (tertiary alicyclic amines) is 1. The first-order valence-electron chi connectivity index (χ1n) is 9.99. The Hall–Kier alpha value is -2.91. The van der Waals surface area contributed by atoms with Gasteiger partial charge in [0.15, 0.2) is 0 Å². The number of hydrogen-bond acceptors (Lipinski definition) is 5. The summed E-state index contributed by atoms with van der Waals surface area (Å²) in [6.07, 6.45) is 0.528. The van der Waals surface area contributed by atoms with E-state index in [4.69, 9.17) is 11.6 Å². The minimum Gasteiger partial charge on any atom is -0.385 e. The molecule has 1 saturated heterocycles. The number of rotatable bonds is 3. The molecule has 2 aromatic rings. The molecule has 10 heteroatoms. The van der Waals surface area contributed by atoms with Crippen molar-refractivity contribution in [3.05, 3.63) is 61.3 Å². The number of aromatic nitrogens is 2. The molecule has 0 saturated carbocycles. The van der Waals surface area contributed by atoms with Gasteiger partial charge < -0.3 is 15.3 Å². The molecule has 2 aliphatic heterocycles. The summed E-state index contributed by atoms with van der Waals surface area (Å²) in [5.74, 6) is -1.56. The van der Waals surface area contributed by atoms with Gasteiger partial charge in [-0.1, -0.05) is 23.7 Å². The second kappa shape index (κ2) is 7.65. The highest BCUT2D eigenvalue weighted by molar-refractivity contribution is 6.30. The fourth-order valence-electron chi connectivity index (χ4n) is 4.34. The van der Waals surface area contributed by atoms with Crippen molar-refractivity contribution in [1.29, 1.82) is 0 Å². The molecule has 1 fully saturated rings. The number of piperidine rings is 1. The zero-order valence-corrected chi connectivity index (χ0v) is 18.0. The smallest absolute Gasteiger partial charge is 0.332 e. The van der Waals surface area contributed by atoms with Gasteiger partial charge in [0.05, 0.1) is 17.1 Å². The van der Waals surface area contributed by atoms with Crippen molar-refractivity contribution in [3.63, 3.8) is 0 Å². The van der Waals surface area contributed by atoms with E-state index in [1.54, 1.807) is 29.2 Å². The van der Waals surface area contributed by atoms with E-state index in [0.29, 0.717) is 31.0 Å². The quantitative estimate of drug-likeness (QED) is 0.719. The molecule has 9 nitrogen and oxygen atoms in total. The molecule has 1 aromatic carbocycles. The third kappa shape index (κ3) is 3.57. The minimum atomic E-state index is -1.05. The highest BCUT2D eigenvalue weighted by Gasteiger charge is 2.40. The summed E-state index contributed by atoms with van der Waals surface area (Å²) in [6, 6.07) is 6.99. The van der Waals surface area contributed by atoms with Gasteiger partial charge in [-0.05, 0) is 30.5 Å². The second-order valence-corrected chi connectivity index (χ2v) is 8.57. The lowest BCUT2D eigenvalue weighted by atomic mass is 9.84. The summed E-state index contributed by atoms with van der Waals surface area (Å²) in [7, 11) is 2.81. The SMILES string of the molecule is Cn1c2c(c(=O)n(C)c1=O)[C@@H](CC(=O)N1CCC(O)(c3ccc(Cl)cc3)CC1)C(=O)N2. The van der Waals surface area contributed by atoms with Crippen LogP contribution in [0.25, 0.3) is 0 Å². The lowest BCUT2D eigenvalue weighted by Crippen LogP contribution is -2.46. The van der Waals surface area contributed by atoms with Gasteiger partial charge in [-0.2, -0.15) is 0 Å². The number of halogens is 1. The van der Waals surface area contributed by atoms with E-state index < -0.39 is 28.7 Å². The van der Waals surface area contributed by atoms with E-state index in [1.165, 1.54) is 18.7 Å². The predicted molar refractivity (Wildman–Crippen MR) is 114 cm³/mol. The number of fused-ring (bicyclic) bond motifs is 1. The average Bonchev–Trinajstić information content (AvgIpc) is 3.07. The summed E-state index contributed by atoms with van der Waals surface area (Å²) < 4.78 is 2.13. The lowest BCUT2D eigenvalue weighted by molar-refractivity contribution is -0.137. The van der Waals surface area contributed by atoms with Crippen LogP contribution in [0.15, 0.2) is 33.9 Å². The van der Waals surface area contributed by atoms with E-state index in [9.17, 15) is 24.3 Å². The molecule has 0 radical (unpaired) electrons. The Morgan fingerprint density at radius 1 is 1.13 bits per heavy atom. The maximum Gasteiger partial charge on any atom is 0.332 e. The minimum absolute atomic E-state index is 0.137. The topological polar surface area (TPSA) is 114 Å². The summed E-state index contributed by atoms with van der Waals surface area (Å²) in [4.78, 5) is 51.7. The third-order valence-electron chi connectivity index (χ3n) is 6.31. The van der Waals surface area contributed by atoms with Gasteiger partial charge in [0, 0.05) is 38.6 Å². The highest BCUT2D eigenvalue weighted by atomic mass is 35.5. The van der Waals surface area contributed by atoms with Crippen LogP contribution in [0.5, 0.6) is 0 Å². The molecule has 31 heavy (non-hydrogen) atoms. The molecule has 1 aromatic heterocycles. The van der Waals surface area contributed by atoms with E-state index in [1.807, 2.05) is 0 Å². The Morgan fingerprint density at radius 3 is 2.35 bits per heavy atom. The molecule has 2 N–H and O–H groups in total. The number of aliphatic hydroxyl groups is 1. The number of carbonyl (C=O) groups is 2. The molecular formula is C21H23ClN4O5. The van der Waals surface area contributed by atoms with Gasteiger partial charge >= 0.3 is 5.69 Å². The highest BCUT2D eigenvalue weighted by Crippen LogP contribution is 2.35. The van der Waals surface area contributed by atoms with Crippen LogP contribution in [0.2, 0.25) is 5.02 Å². The zero-order chi connectivity index (χ0) is 22.5. The number of benzene rings is 1. The molecule has 0 aliphatic carbocycles. The molecular weight excluding hydrogens is 424 g/mol. The Kier molecular flexibility index (Phi) is 5.26. The Balaban J connectivity index is 1.50. The fourth-order valence-corrected chi connectivity index (χ4v) is 4.47. The van der Waals surface area contributed by atoms with Crippen molar-refractivity contribution < 1.29 is 14.7 Å². The van der Waals surface area contributed by atoms with Crippen molar-refractivity contribution in [1.82, 2.24) is 14.0 Å². The van der Waals surface area contributed by atoms with Gasteiger partial charge in [-0.25, -0.2) is 4.79 Å². The van der Waals surface area contributed by atoms with Gasteiger partial charge in [-0.15, -0.1) is 0 Å². The lowest BCUT2D eigenvalue weighted by Gasteiger charge is -2.38. The van der Waals surface area contributed by atoms with E-state index in [0.717, 1.165) is 10.1 Å². The first-order chi connectivity index (χ1) is 14.6.